The van der Waals surface area contributed by atoms with Crippen LogP contribution in [0.2, 0.25) is 0 Å². The number of carbonyl (C=O) groups excluding carboxylic acids is 2. The number of esters is 1. The van der Waals surface area contributed by atoms with E-state index in [1.54, 1.807) is 24.3 Å². The lowest BCUT2D eigenvalue weighted by molar-refractivity contribution is 0.0732. The van der Waals surface area contributed by atoms with Crippen molar-refractivity contribution in [3.8, 4) is 11.5 Å². The molecular formula is C21H13Br2FN2O4. The van der Waals surface area contributed by atoms with Crippen LogP contribution in [0.25, 0.3) is 0 Å². The Balaban J connectivity index is 1.82. The SMILES string of the molecule is O=C(Oc1c(Br)cc(Br)cc1/C=N\NC(=O)c1ccccc1O)c1cccc(F)c1. The Labute approximate surface area is 187 Å². The standard InChI is InChI=1S/C21H13Br2FN2O4/c22-14-8-13(11-25-26-20(28)16-6-1-2-7-18(16)27)19(17(23)10-14)30-21(29)12-4-3-5-15(24)9-12/h1-11,27H,(H,26,28)/b25-11-. The minimum absolute atomic E-state index is 0.0422. The van der Waals surface area contributed by atoms with E-state index in [0.29, 0.717) is 14.5 Å². The van der Waals surface area contributed by atoms with Crippen LogP contribution in [0.15, 0.2) is 74.7 Å². The van der Waals surface area contributed by atoms with Crippen molar-refractivity contribution in [3.05, 3.63) is 92.1 Å². The number of hydrazone groups is 1. The Kier molecular flexibility index (Phi) is 6.96. The summed E-state index contributed by atoms with van der Waals surface area (Å²) in [5, 5.41) is 13.6. The maximum atomic E-state index is 13.4. The number of rotatable bonds is 5. The minimum Gasteiger partial charge on any atom is -0.507 e. The lowest BCUT2D eigenvalue weighted by atomic mass is 10.2. The first-order valence-electron chi connectivity index (χ1n) is 8.43. The molecule has 0 radical (unpaired) electrons. The highest BCUT2D eigenvalue weighted by atomic mass is 79.9. The van der Waals surface area contributed by atoms with Gasteiger partial charge in [0, 0.05) is 10.0 Å². The molecule has 0 aliphatic rings. The largest absolute Gasteiger partial charge is 0.507 e. The molecular weight excluding hydrogens is 523 g/mol. The van der Waals surface area contributed by atoms with Crippen LogP contribution in [-0.4, -0.2) is 23.2 Å². The number of hydrogen-bond acceptors (Lipinski definition) is 5. The highest BCUT2D eigenvalue weighted by Gasteiger charge is 2.16. The fraction of sp³-hybridized carbons (Fsp3) is 0. The van der Waals surface area contributed by atoms with Crippen LogP contribution in [0, 0.1) is 5.82 Å². The van der Waals surface area contributed by atoms with Crippen LogP contribution in [0.3, 0.4) is 0 Å². The van der Waals surface area contributed by atoms with Gasteiger partial charge in [0.05, 0.1) is 21.8 Å². The smallest absolute Gasteiger partial charge is 0.343 e. The number of benzene rings is 3. The maximum Gasteiger partial charge on any atom is 0.343 e. The molecule has 1 amide bonds. The van der Waals surface area contributed by atoms with Gasteiger partial charge in [-0.15, -0.1) is 0 Å². The second kappa shape index (κ2) is 9.64. The van der Waals surface area contributed by atoms with E-state index in [-0.39, 0.29) is 22.6 Å². The number of halogens is 3. The third-order valence-electron chi connectivity index (χ3n) is 3.81. The summed E-state index contributed by atoms with van der Waals surface area (Å²) in [6.45, 7) is 0. The highest BCUT2D eigenvalue weighted by molar-refractivity contribution is 9.11. The summed E-state index contributed by atoms with van der Waals surface area (Å²) in [6.07, 6.45) is 1.28. The predicted molar refractivity (Wildman–Crippen MR) is 116 cm³/mol. The zero-order chi connectivity index (χ0) is 21.7. The number of nitrogens with zero attached hydrogens (tertiary/aromatic N) is 1. The van der Waals surface area contributed by atoms with Crippen molar-refractivity contribution in [2.24, 2.45) is 5.10 Å². The van der Waals surface area contributed by atoms with Gasteiger partial charge in [-0.05, 0) is 58.4 Å². The molecule has 0 atom stereocenters. The monoisotopic (exact) mass is 534 g/mol. The summed E-state index contributed by atoms with van der Waals surface area (Å²) < 4.78 is 19.9. The number of carbonyl (C=O) groups is 2. The molecule has 0 aliphatic heterocycles. The van der Waals surface area contributed by atoms with Gasteiger partial charge in [0.1, 0.15) is 11.6 Å². The van der Waals surface area contributed by atoms with Gasteiger partial charge in [0.15, 0.2) is 5.75 Å². The summed E-state index contributed by atoms with van der Waals surface area (Å²) in [4.78, 5) is 24.5. The van der Waals surface area contributed by atoms with Crippen LogP contribution >= 0.6 is 31.9 Å². The average Bonchev–Trinajstić information content (AvgIpc) is 2.70. The van der Waals surface area contributed by atoms with E-state index in [2.05, 4.69) is 42.4 Å². The molecule has 6 nitrogen and oxygen atoms in total. The molecule has 0 spiro atoms. The first-order valence-corrected chi connectivity index (χ1v) is 10.0. The van der Waals surface area contributed by atoms with Crippen molar-refractivity contribution in [1.29, 1.82) is 0 Å². The molecule has 0 unspecified atom stereocenters. The number of ether oxygens (including phenoxy) is 1. The number of phenols is 1. The molecule has 0 aromatic heterocycles. The quantitative estimate of drug-likeness (QED) is 0.207. The number of para-hydroxylation sites is 1. The molecule has 2 N–H and O–H groups in total. The van der Waals surface area contributed by atoms with Crippen LogP contribution in [0.1, 0.15) is 26.3 Å². The van der Waals surface area contributed by atoms with Crippen molar-refractivity contribution in [3.63, 3.8) is 0 Å². The molecule has 0 bridgehead atoms. The van der Waals surface area contributed by atoms with Gasteiger partial charge in [-0.3, -0.25) is 4.79 Å². The third-order valence-corrected chi connectivity index (χ3v) is 4.86. The summed E-state index contributed by atoms with van der Waals surface area (Å²) in [5.74, 6) is -1.98. The van der Waals surface area contributed by atoms with E-state index in [1.807, 2.05) is 0 Å². The Morgan fingerprint density at radius 3 is 2.57 bits per heavy atom. The van der Waals surface area contributed by atoms with Crippen molar-refractivity contribution < 1.29 is 23.8 Å². The fourth-order valence-corrected chi connectivity index (χ4v) is 3.78. The molecule has 0 saturated heterocycles. The Bertz CT molecular complexity index is 1150. The molecule has 0 saturated carbocycles. The summed E-state index contributed by atoms with van der Waals surface area (Å²) in [5.41, 5.74) is 2.76. The Morgan fingerprint density at radius 1 is 1.07 bits per heavy atom. The van der Waals surface area contributed by atoms with E-state index in [1.165, 1.54) is 36.5 Å². The molecule has 3 aromatic carbocycles. The lowest BCUT2D eigenvalue weighted by Crippen LogP contribution is -2.18. The van der Waals surface area contributed by atoms with Gasteiger partial charge >= 0.3 is 5.97 Å². The Hall–Kier alpha value is -3.04. The van der Waals surface area contributed by atoms with Crippen LogP contribution in [0.4, 0.5) is 4.39 Å². The third kappa shape index (κ3) is 5.31. The van der Waals surface area contributed by atoms with Crippen molar-refractivity contribution in [2.45, 2.75) is 0 Å². The first-order chi connectivity index (χ1) is 14.3. The second-order valence-electron chi connectivity index (χ2n) is 5.92. The lowest BCUT2D eigenvalue weighted by Gasteiger charge is -2.10. The first kappa shape index (κ1) is 21.7. The van der Waals surface area contributed by atoms with Crippen LogP contribution < -0.4 is 10.2 Å². The van der Waals surface area contributed by atoms with Gasteiger partial charge in [-0.25, -0.2) is 14.6 Å². The number of amides is 1. The zero-order valence-electron chi connectivity index (χ0n) is 15.1. The van der Waals surface area contributed by atoms with E-state index in [4.69, 9.17) is 4.74 Å². The van der Waals surface area contributed by atoms with Crippen molar-refractivity contribution in [1.82, 2.24) is 5.43 Å². The molecule has 3 aromatic rings. The van der Waals surface area contributed by atoms with E-state index >= 15 is 0 Å². The second-order valence-corrected chi connectivity index (χ2v) is 7.69. The minimum atomic E-state index is -0.759. The van der Waals surface area contributed by atoms with E-state index < -0.39 is 17.7 Å². The van der Waals surface area contributed by atoms with Gasteiger partial charge in [0.25, 0.3) is 5.91 Å². The molecule has 0 fully saturated rings. The molecule has 30 heavy (non-hydrogen) atoms. The number of nitrogens with one attached hydrogen (secondary N) is 1. The molecule has 9 heteroatoms. The fourth-order valence-electron chi connectivity index (χ4n) is 2.44. The zero-order valence-corrected chi connectivity index (χ0v) is 18.3. The molecule has 0 aliphatic carbocycles. The predicted octanol–water partition coefficient (Wildman–Crippen LogP) is 5.04. The molecule has 3 rings (SSSR count). The topological polar surface area (TPSA) is 88.0 Å². The van der Waals surface area contributed by atoms with Gasteiger partial charge < -0.3 is 9.84 Å². The van der Waals surface area contributed by atoms with Crippen LogP contribution in [0.5, 0.6) is 11.5 Å². The summed E-state index contributed by atoms with van der Waals surface area (Å²) >= 11 is 6.65. The van der Waals surface area contributed by atoms with Gasteiger partial charge in [-0.1, -0.05) is 34.1 Å². The molecule has 152 valence electrons. The Morgan fingerprint density at radius 2 is 1.83 bits per heavy atom. The normalized spacial score (nSPS) is 10.8. The van der Waals surface area contributed by atoms with Crippen LogP contribution in [-0.2, 0) is 0 Å². The maximum absolute atomic E-state index is 13.4. The number of aromatic hydroxyl groups is 1. The summed E-state index contributed by atoms with van der Waals surface area (Å²) in [6, 6.07) is 14.4. The number of phenolic OH excluding ortho intramolecular Hbond substituents is 1. The average molecular weight is 536 g/mol. The molecule has 0 heterocycles. The number of hydrogen-bond donors (Lipinski definition) is 2. The van der Waals surface area contributed by atoms with E-state index in [0.717, 1.165) is 6.07 Å². The van der Waals surface area contributed by atoms with Crippen molar-refractivity contribution >= 4 is 50.0 Å². The van der Waals surface area contributed by atoms with Gasteiger partial charge in [0.2, 0.25) is 0 Å². The summed E-state index contributed by atoms with van der Waals surface area (Å²) in [7, 11) is 0. The highest BCUT2D eigenvalue weighted by Crippen LogP contribution is 2.32. The van der Waals surface area contributed by atoms with Crippen molar-refractivity contribution in [2.75, 3.05) is 0 Å². The van der Waals surface area contributed by atoms with Gasteiger partial charge in [-0.2, -0.15) is 5.10 Å². The van der Waals surface area contributed by atoms with E-state index in [9.17, 15) is 19.1 Å².